The van der Waals surface area contributed by atoms with Gasteiger partial charge in [-0.05, 0) is 6.72 Å². The van der Waals surface area contributed by atoms with E-state index < -0.39 is 5.91 Å². The van der Waals surface area contributed by atoms with Crippen LogP contribution >= 0.6 is 0 Å². The number of primary amides is 1. The minimum Gasteiger partial charge on any atom is -0.366 e. The number of carbonyl (C=O) groups excluding carboxylic acids is 1. The third-order valence-electron chi connectivity index (χ3n) is 0.344. The molecular weight excluding hydrogens is 92.1 g/mol. The van der Waals surface area contributed by atoms with Crippen LogP contribution in [-0.2, 0) is 4.79 Å². The zero-order chi connectivity index (χ0) is 5.70. The molecule has 0 radical (unpaired) electrons. The average Bonchev–Trinajstić information content (AvgIpc) is 1.61. The van der Waals surface area contributed by atoms with Crippen LogP contribution in [0.25, 0.3) is 0 Å². The second kappa shape index (κ2) is 3.08. The number of amides is 1. The fourth-order valence-corrected chi connectivity index (χ4v) is 0.126. The first-order valence-corrected chi connectivity index (χ1v) is 1.69. The summed E-state index contributed by atoms with van der Waals surface area (Å²) in [6.45, 7) is 3.09. The highest BCUT2D eigenvalue weighted by Crippen LogP contribution is 1.66. The van der Waals surface area contributed by atoms with E-state index in [1.165, 1.54) is 6.20 Å². The van der Waals surface area contributed by atoms with Crippen molar-refractivity contribution in [1.29, 1.82) is 0 Å². The lowest BCUT2D eigenvalue weighted by molar-refractivity contribution is -0.113. The molecule has 1 amide bonds. The second-order valence-electron chi connectivity index (χ2n) is 0.901. The Balaban J connectivity index is 3.46. The third kappa shape index (κ3) is 4.88. The van der Waals surface area contributed by atoms with E-state index in [2.05, 4.69) is 17.4 Å². The van der Waals surface area contributed by atoms with E-state index in [1.807, 2.05) is 0 Å². The van der Waals surface area contributed by atoms with Crippen molar-refractivity contribution in [1.82, 2.24) is 0 Å². The van der Waals surface area contributed by atoms with Gasteiger partial charge in [-0.15, -0.1) is 0 Å². The zero-order valence-electron chi connectivity index (χ0n) is 3.79. The quantitative estimate of drug-likeness (QED) is 0.373. The summed E-state index contributed by atoms with van der Waals surface area (Å²) in [7, 11) is 0. The molecule has 7 heavy (non-hydrogen) atoms. The van der Waals surface area contributed by atoms with Crippen molar-refractivity contribution >= 4 is 12.6 Å². The van der Waals surface area contributed by atoms with Gasteiger partial charge in [0.1, 0.15) is 0 Å². The van der Waals surface area contributed by atoms with E-state index >= 15 is 0 Å². The van der Waals surface area contributed by atoms with E-state index in [0.29, 0.717) is 0 Å². The van der Waals surface area contributed by atoms with Gasteiger partial charge in [0.05, 0.1) is 0 Å². The standard InChI is InChI=1S/C4H6N2O/c1-6-3-2-4(5)7/h2-3H,1H2,(H2,5,7)/b3-2-. The first-order chi connectivity index (χ1) is 3.27. The molecule has 3 nitrogen and oxygen atoms in total. The Morgan fingerprint density at radius 3 is 2.57 bits per heavy atom. The minimum absolute atomic E-state index is 0.507. The molecule has 0 aliphatic heterocycles. The summed E-state index contributed by atoms with van der Waals surface area (Å²) in [5.41, 5.74) is 4.66. The number of rotatable bonds is 2. The molecular formula is C4H6N2O. The monoisotopic (exact) mass is 98.0 g/mol. The molecule has 0 bridgehead atoms. The molecule has 0 aliphatic rings. The highest BCUT2D eigenvalue weighted by atomic mass is 16.1. The van der Waals surface area contributed by atoms with Crippen molar-refractivity contribution in [2.45, 2.75) is 0 Å². The molecule has 0 spiro atoms. The van der Waals surface area contributed by atoms with Crippen molar-refractivity contribution < 1.29 is 4.79 Å². The van der Waals surface area contributed by atoms with Crippen LogP contribution in [0.4, 0.5) is 0 Å². The van der Waals surface area contributed by atoms with Gasteiger partial charge < -0.3 is 5.73 Å². The molecule has 0 aliphatic carbocycles. The number of hydrogen-bond donors (Lipinski definition) is 1. The van der Waals surface area contributed by atoms with Crippen LogP contribution in [0.2, 0.25) is 0 Å². The number of carbonyl (C=O) groups is 1. The van der Waals surface area contributed by atoms with E-state index in [4.69, 9.17) is 0 Å². The van der Waals surface area contributed by atoms with E-state index in [-0.39, 0.29) is 0 Å². The molecule has 0 heterocycles. The Morgan fingerprint density at radius 1 is 1.86 bits per heavy atom. The molecule has 2 N–H and O–H groups in total. The lowest BCUT2D eigenvalue weighted by Gasteiger charge is -1.71. The van der Waals surface area contributed by atoms with Crippen molar-refractivity contribution in [3.05, 3.63) is 12.3 Å². The summed E-state index contributed by atoms with van der Waals surface area (Å²) in [5.74, 6) is -0.507. The predicted molar refractivity (Wildman–Crippen MR) is 27.9 cm³/mol. The Morgan fingerprint density at radius 2 is 2.43 bits per heavy atom. The van der Waals surface area contributed by atoms with Gasteiger partial charge in [-0.25, -0.2) is 0 Å². The third-order valence-corrected chi connectivity index (χ3v) is 0.344. The van der Waals surface area contributed by atoms with Gasteiger partial charge in [0.15, 0.2) is 0 Å². The first-order valence-electron chi connectivity index (χ1n) is 1.69. The molecule has 0 aromatic rings. The number of hydrogen-bond acceptors (Lipinski definition) is 2. The topological polar surface area (TPSA) is 55.4 Å². The van der Waals surface area contributed by atoms with Crippen molar-refractivity contribution in [3.63, 3.8) is 0 Å². The number of aliphatic imine (C=N–C) groups is 1. The maximum Gasteiger partial charge on any atom is 0.242 e. The fourth-order valence-electron chi connectivity index (χ4n) is 0.126. The maximum absolute atomic E-state index is 9.81. The van der Waals surface area contributed by atoms with Gasteiger partial charge in [0.2, 0.25) is 5.91 Å². The van der Waals surface area contributed by atoms with Crippen LogP contribution in [0.3, 0.4) is 0 Å². The van der Waals surface area contributed by atoms with Crippen molar-refractivity contribution in [3.8, 4) is 0 Å². The maximum atomic E-state index is 9.81. The Kier molecular flexibility index (Phi) is 2.59. The average molecular weight is 98.1 g/mol. The van der Waals surface area contributed by atoms with Gasteiger partial charge in [-0.2, -0.15) is 0 Å². The molecule has 0 aromatic heterocycles. The van der Waals surface area contributed by atoms with Gasteiger partial charge >= 0.3 is 0 Å². The number of nitrogens with two attached hydrogens (primary N) is 1. The van der Waals surface area contributed by atoms with Gasteiger partial charge in [-0.1, -0.05) is 0 Å². The van der Waals surface area contributed by atoms with Crippen molar-refractivity contribution in [2.24, 2.45) is 10.7 Å². The van der Waals surface area contributed by atoms with E-state index in [0.717, 1.165) is 6.08 Å². The van der Waals surface area contributed by atoms with Gasteiger partial charge in [0.25, 0.3) is 0 Å². The molecule has 0 unspecified atom stereocenters. The van der Waals surface area contributed by atoms with Gasteiger partial charge in [-0.3, -0.25) is 9.79 Å². The fraction of sp³-hybridized carbons (Fsp3) is 0. The summed E-state index contributed by atoms with van der Waals surface area (Å²) in [4.78, 5) is 13.1. The lowest BCUT2D eigenvalue weighted by atomic mass is 10.6. The summed E-state index contributed by atoms with van der Waals surface area (Å²) in [5, 5.41) is 0. The smallest absolute Gasteiger partial charge is 0.242 e. The van der Waals surface area contributed by atoms with Crippen LogP contribution in [0.1, 0.15) is 0 Å². The Labute approximate surface area is 41.5 Å². The van der Waals surface area contributed by atoms with E-state index in [1.54, 1.807) is 0 Å². The molecule has 0 rings (SSSR count). The SMILES string of the molecule is C=N/C=C\C(N)=O. The molecule has 0 saturated carbocycles. The molecule has 3 heteroatoms. The van der Waals surface area contributed by atoms with Crippen molar-refractivity contribution in [2.75, 3.05) is 0 Å². The van der Waals surface area contributed by atoms with Crippen LogP contribution in [0, 0.1) is 0 Å². The molecule has 0 aromatic carbocycles. The summed E-state index contributed by atoms with van der Waals surface area (Å²) >= 11 is 0. The lowest BCUT2D eigenvalue weighted by Crippen LogP contribution is -2.04. The molecule has 0 fully saturated rings. The summed E-state index contributed by atoms with van der Waals surface area (Å²) in [6.07, 6.45) is 2.37. The molecule has 0 atom stereocenters. The van der Waals surface area contributed by atoms with Crippen LogP contribution in [0.5, 0.6) is 0 Å². The summed E-state index contributed by atoms with van der Waals surface area (Å²) in [6, 6.07) is 0. The molecule has 38 valence electrons. The number of nitrogens with zero attached hydrogens (tertiary/aromatic N) is 1. The normalized spacial score (nSPS) is 9.14. The predicted octanol–water partition coefficient (Wildman–Crippen LogP) is -0.314. The largest absolute Gasteiger partial charge is 0.366 e. The Hall–Kier alpha value is -1.12. The zero-order valence-corrected chi connectivity index (χ0v) is 3.79. The van der Waals surface area contributed by atoms with Crippen LogP contribution in [-0.4, -0.2) is 12.6 Å². The van der Waals surface area contributed by atoms with Crippen LogP contribution in [0.15, 0.2) is 17.3 Å². The van der Waals surface area contributed by atoms with Crippen LogP contribution < -0.4 is 5.73 Å². The molecule has 0 saturated heterocycles. The Bertz CT molecular complexity index is 106. The first kappa shape index (κ1) is 5.88. The minimum atomic E-state index is -0.507. The highest BCUT2D eigenvalue weighted by molar-refractivity contribution is 5.85. The highest BCUT2D eigenvalue weighted by Gasteiger charge is 1.75. The second-order valence-corrected chi connectivity index (χ2v) is 0.901. The van der Waals surface area contributed by atoms with Gasteiger partial charge in [0, 0.05) is 12.3 Å². The van der Waals surface area contributed by atoms with E-state index in [9.17, 15) is 4.79 Å². The summed E-state index contributed by atoms with van der Waals surface area (Å²) < 4.78 is 0.